The van der Waals surface area contributed by atoms with E-state index in [0.29, 0.717) is 6.42 Å². The van der Waals surface area contributed by atoms with Gasteiger partial charge in [-0.1, -0.05) is 6.42 Å². The van der Waals surface area contributed by atoms with Crippen molar-refractivity contribution >= 4 is 11.6 Å². The Bertz CT molecular complexity index is 120. The molecule has 0 bridgehead atoms. The lowest BCUT2D eigenvalue weighted by Crippen LogP contribution is -2.41. The highest BCUT2D eigenvalue weighted by atomic mass is 35.5. The van der Waals surface area contributed by atoms with E-state index in [0.717, 1.165) is 31.4 Å². The lowest BCUT2D eigenvalue weighted by atomic mass is 9.91. The fraction of sp³-hybridized carbons (Fsp3) is 1.00. The molecule has 0 aromatic rings. The summed E-state index contributed by atoms with van der Waals surface area (Å²) in [7, 11) is 0. The molecule has 13 heavy (non-hydrogen) atoms. The Labute approximate surface area is 85.2 Å². The van der Waals surface area contributed by atoms with E-state index in [4.69, 9.17) is 11.6 Å². The second-order valence-electron chi connectivity index (χ2n) is 3.71. The molecular weight excluding hydrogens is 189 g/mol. The molecule has 1 nitrogen and oxygen atoms in total. The first-order valence-corrected chi connectivity index (χ1v) is 5.78. The minimum Gasteiger partial charge on any atom is -0.300 e. The van der Waals surface area contributed by atoms with Crippen molar-refractivity contribution in [1.29, 1.82) is 0 Å². The second kappa shape index (κ2) is 6.61. The Morgan fingerprint density at radius 1 is 1.23 bits per heavy atom. The third kappa shape index (κ3) is 3.82. The van der Waals surface area contributed by atoms with Crippen molar-refractivity contribution in [2.24, 2.45) is 0 Å². The summed E-state index contributed by atoms with van der Waals surface area (Å²) in [6, 6.07) is 0.731. The third-order valence-electron chi connectivity index (χ3n) is 2.75. The van der Waals surface area contributed by atoms with Crippen molar-refractivity contribution in [2.75, 3.05) is 25.6 Å². The van der Waals surface area contributed by atoms with Gasteiger partial charge in [-0.2, -0.15) is 0 Å². The van der Waals surface area contributed by atoms with Crippen LogP contribution in [-0.4, -0.2) is 36.6 Å². The van der Waals surface area contributed by atoms with E-state index < -0.39 is 0 Å². The Kier molecular flexibility index (Phi) is 5.72. The lowest BCUT2D eigenvalue weighted by molar-refractivity contribution is 0.123. The Hall–Kier alpha value is 0.180. The molecule has 0 heterocycles. The summed E-state index contributed by atoms with van der Waals surface area (Å²) in [5.41, 5.74) is 0. The molecule has 1 aliphatic carbocycles. The van der Waals surface area contributed by atoms with E-state index in [1.54, 1.807) is 0 Å². The Morgan fingerprint density at radius 2 is 1.92 bits per heavy atom. The number of hydrogen-bond acceptors (Lipinski definition) is 1. The molecule has 1 saturated carbocycles. The van der Waals surface area contributed by atoms with Gasteiger partial charge in [0.05, 0.1) is 6.67 Å². The van der Waals surface area contributed by atoms with E-state index in [9.17, 15) is 4.39 Å². The number of nitrogens with zero attached hydrogens (tertiary/aromatic N) is 1. The molecule has 0 radical (unpaired) electrons. The van der Waals surface area contributed by atoms with Crippen molar-refractivity contribution in [3.8, 4) is 0 Å². The van der Waals surface area contributed by atoms with Gasteiger partial charge in [0.2, 0.25) is 0 Å². The second-order valence-corrected chi connectivity index (χ2v) is 4.08. The van der Waals surface area contributed by atoms with E-state index >= 15 is 0 Å². The van der Waals surface area contributed by atoms with Gasteiger partial charge >= 0.3 is 0 Å². The largest absolute Gasteiger partial charge is 0.300 e. The van der Waals surface area contributed by atoms with Gasteiger partial charge in [0.15, 0.2) is 0 Å². The average Bonchev–Trinajstić information content (AvgIpc) is 2.06. The van der Waals surface area contributed by atoms with Crippen LogP contribution in [0.5, 0.6) is 0 Å². The minimum absolute atomic E-state index is 0.190. The van der Waals surface area contributed by atoms with E-state index in [2.05, 4.69) is 4.90 Å². The number of rotatable bonds is 7. The molecule has 0 amide bonds. The van der Waals surface area contributed by atoms with Crippen molar-refractivity contribution in [3.63, 3.8) is 0 Å². The molecule has 1 rings (SSSR count). The highest BCUT2D eigenvalue weighted by molar-refractivity contribution is 6.17. The zero-order valence-electron chi connectivity index (χ0n) is 8.14. The average molecular weight is 208 g/mol. The molecule has 0 atom stereocenters. The predicted octanol–water partition coefficient (Wildman–Crippen LogP) is 2.83. The van der Waals surface area contributed by atoms with Crippen LogP contribution in [0.4, 0.5) is 4.39 Å². The number of halogens is 2. The maximum absolute atomic E-state index is 12.0. The SMILES string of the molecule is FCCCN(CCCCl)C1CCC1. The third-order valence-corrected chi connectivity index (χ3v) is 3.02. The molecule has 3 heteroatoms. The molecule has 0 saturated heterocycles. The van der Waals surface area contributed by atoms with Gasteiger partial charge in [0.1, 0.15) is 0 Å². The normalized spacial score (nSPS) is 17.8. The summed E-state index contributed by atoms with van der Waals surface area (Å²) in [6.07, 6.45) is 5.66. The summed E-state index contributed by atoms with van der Waals surface area (Å²) in [4.78, 5) is 2.41. The quantitative estimate of drug-likeness (QED) is 0.581. The van der Waals surface area contributed by atoms with Crippen LogP contribution < -0.4 is 0 Å². The van der Waals surface area contributed by atoms with E-state index in [-0.39, 0.29) is 6.67 Å². The Morgan fingerprint density at radius 3 is 2.38 bits per heavy atom. The molecule has 78 valence electrons. The highest BCUT2D eigenvalue weighted by Gasteiger charge is 2.23. The summed E-state index contributed by atoms with van der Waals surface area (Å²) in [6.45, 7) is 1.77. The predicted molar refractivity (Wildman–Crippen MR) is 55.1 cm³/mol. The van der Waals surface area contributed by atoms with Crippen LogP contribution in [-0.2, 0) is 0 Å². The Balaban J connectivity index is 2.16. The number of hydrogen-bond donors (Lipinski definition) is 0. The van der Waals surface area contributed by atoms with Gasteiger partial charge in [0.25, 0.3) is 0 Å². The maximum atomic E-state index is 12.0. The summed E-state index contributed by atoms with van der Waals surface area (Å²) < 4.78 is 12.0. The molecule has 0 spiro atoms. The summed E-state index contributed by atoms with van der Waals surface area (Å²) >= 11 is 5.64. The molecule has 1 fully saturated rings. The van der Waals surface area contributed by atoms with Gasteiger partial charge in [-0.25, -0.2) is 0 Å². The monoisotopic (exact) mass is 207 g/mol. The van der Waals surface area contributed by atoms with Crippen LogP contribution in [0.3, 0.4) is 0 Å². The van der Waals surface area contributed by atoms with E-state index in [1.165, 1.54) is 19.3 Å². The standard InChI is InChI=1S/C10H19ClFN/c11-6-2-8-13(9-3-7-12)10-4-1-5-10/h10H,1-9H2. The van der Waals surface area contributed by atoms with Gasteiger partial charge in [-0.05, 0) is 32.2 Å². The van der Waals surface area contributed by atoms with Crippen LogP contribution in [0, 0.1) is 0 Å². The van der Waals surface area contributed by atoms with Gasteiger partial charge in [0, 0.05) is 18.5 Å². The van der Waals surface area contributed by atoms with Gasteiger partial charge < -0.3 is 4.90 Å². The first kappa shape index (κ1) is 11.3. The first-order chi connectivity index (χ1) is 6.38. The molecular formula is C10H19ClFN. The fourth-order valence-electron chi connectivity index (χ4n) is 1.75. The van der Waals surface area contributed by atoms with Gasteiger partial charge in [-0.15, -0.1) is 11.6 Å². The van der Waals surface area contributed by atoms with Gasteiger partial charge in [-0.3, -0.25) is 4.39 Å². The van der Waals surface area contributed by atoms with Crippen LogP contribution in [0.2, 0.25) is 0 Å². The summed E-state index contributed by atoms with van der Waals surface area (Å²) in [5.74, 6) is 0.721. The molecule has 0 aromatic carbocycles. The molecule has 0 N–H and O–H groups in total. The topological polar surface area (TPSA) is 3.24 Å². The van der Waals surface area contributed by atoms with Crippen LogP contribution in [0.25, 0.3) is 0 Å². The van der Waals surface area contributed by atoms with Crippen LogP contribution in [0.15, 0.2) is 0 Å². The van der Waals surface area contributed by atoms with Crippen LogP contribution >= 0.6 is 11.6 Å². The lowest BCUT2D eigenvalue weighted by Gasteiger charge is -2.37. The van der Waals surface area contributed by atoms with Crippen molar-refractivity contribution in [3.05, 3.63) is 0 Å². The molecule has 0 unspecified atom stereocenters. The summed E-state index contributed by atoms with van der Waals surface area (Å²) in [5, 5.41) is 0. The maximum Gasteiger partial charge on any atom is 0.0906 e. The fourth-order valence-corrected chi connectivity index (χ4v) is 1.87. The first-order valence-electron chi connectivity index (χ1n) is 5.24. The highest BCUT2D eigenvalue weighted by Crippen LogP contribution is 2.24. The molecule has 0 aromatic heterocycles. The number of alkyl halides is 2. The van der Waals surface area contributed by atoms with Crippen LogP contribution in [0.1, 0.15) is 32.1 Å². The van der Waals surface area contributed by atoms with Crippen molar-refractivity contribution < 1.29 is 4.39 Å². The zero-order chi connectivity index (χ0) is 9.52. The van der Waals surface area contributed by atoms with E-state index in [1.807, 2.05) is 0 Å². The zero-order valence-corrected chi connectivity index (χ0v) is 8.90. The minimum atomic E-state index is -0.190. The van der Waals surface area contributed by atoms with Crippen molar-refractivity contribution in [2.45, 2.75) is 38.1 Å². The molecule has 1 aliphatic rings. The smallest absolute Gasteiger partial charge is 0.0906 e. The van der Waals surface area contributed by atoms with Crippen molar-refractivity contribution in [1.82, 2.24) is 4.90 Å². The molecule has 0 aliphatic heterocycles.